The number of aromatic nitrogens is 2. The van der Waals surface area contributed by atoms with Gasteiger partial charge in [-0.15, -0.1) is 0 Å². The van der Waals surface area contributed by atoms with Gasteiger partial charge in [-0.05, 0) is 31.2 Å². The van der Waals surface area contributed by atoms with E-state index in [2.05, 4.69) is 28.0 Å². The highest BCUT2D eigenvalue weighted by Crippen LogP contribution is 2.15. The smallest absolute Gasteiger partial charge is 0.127 e. The van der Waals surface area contributed by atoms with Crippen molar-refractivity contribution in [2.45, 2.75) is 19.4 Å². The molecule has 0 radical (unpaired) electrons. The molecule has 3 aromatic rings. The van der Waals surface area contributed by atoms with Crippen molar-refractivity contribution in [1.82, 2.24) is 14.9 Å². The summed E-state index contributed by atoms with van der Waals surface area (Å²) < 4.78 is 15.6. The van der Waals surface area contributed by atoms with Crippen LogP contribution in [-0.2, 0) is 20.0 Å². The summed E-state index contributed by atoms with van der Waals surface area (Å²) in [4.78, 5) is 4.66. The summed E-state index contributed by atoms with van der Waals surface area (Å²) in [5.41, 5.74) is 2.92. The van der Waals surface area contributed by atoms with E-state index in [0.717, 1.165) is 36.2 Å². The molecular weight excluding hydrogens is 277 g/mol. The Labute approximate surface area is 129 Å². The molecule has 1 heterocycles. The van der Waals surface area contributed by atoms with Gasteiger partial charge in [-0.1, -0.05) is 30.3 Å². The minimum Gasteiger partial charge on any atom is -0.331 e. The zero-order valence-corrected chi connectivity index (χ0v) is 12.7. The Morgan fingerprint density at radius 3 is 2.68 bits per heavy atom. The number of fused-ring (bicyclic) bond motifs is 1. The van der Waals surface area contributed by atoms with E-state index in [9.17, 15) is 4.39 Å². The standard InChI is InChI=1S/C18H20FN3/c1-22-17-10-5-4-9-16(17)21-18(22)11-6-12-20-13-14-7-2-3-8-15(14)19/h2-5,7-10,20H,6,11-13H2,1H3. The first-order valence-corrected chi connectivity index (χ1v) is 7.60. The number of hydrogen-bond donors (Lipinski definition) is 1. The number of hydrogen-bond acceptors (Lipinski definition) is 2. The topological polar surface area (TPSA) is 29.9 Å². The molecule has 0 unspecified atom stereocenters. The molecule has 0 aliphatic rings. The minimum absolute atomic E-state index is 0.148. The molecule has 0 bridgehead atoms. The van der Waals surface area contributed by atoms with Crippen LogP contribution in [0, 0.1) is 5.82 Å². The van der Waals surface area contributed by atoms with Crippen LogP contribution in [0.4, 0.5) is 4.39 Å². The second-order valence-electron chi connectivity index (χ2n) is 5.45. The van der Waals surface area contributed by atoms with Crippen LogP contribution in [0.15, 0.2) is 48.5 Å². The van der Waals surface area contributed by atoms with E-state index in [4.69, 9.17) is 0 Å². The summed E-state index contributed by atoms with van der Waals surface area (Å²) in [7, 11) is 2.05. The molecule has 4 heteroatoms. The fourth-order valence-corrected chi connectivity index (χ4v) is 2.66. The van der Waals surface area contributed by atoms with Gasteiger partial charge in [-0.25, -0.2) is 9.37 Å². The van der Waals surface area contributed by atoms with Crippen LogP contribution < -0.4 is 5.32 Å². The highest BCUT2D eigenvalue weighted by molar-refractivity contribution is 5.75. The van der Waals surface area contributed by atoms with Crippen LogP contribution in [0.5, 0.6) is 0 Å². The number of benzene rings is 2. The van der Waals surface area contributed by atoms with Crippen molar-refractivity contribution in [2.75, 3.05) is 6.54 Å². The molecule has 0 amide bonds. The Hall–Kier alpha value is -2.20. The van der Waals surface area contributed by atoms with Crippen molar-refractivity contribution in [3.8, 4) is 0 Å². The lowest BCUT2D eigenvalue weighted by Crippen LogP contribution is -2.16. The van der Waals surface area contributed by atoms with Crippen molar-refractivity contribution in [3.05, 3.63) is 65.7 Å². The summed E-state index contributed by atoms with van der Waals surface area (Å²) in [5.74, 6) is 0.944. The average Bonchev–Trinajstić information content (AvgIpc) is 2.86. The Morgan fingerprint density at radius 1 is 1.09 bits per heavy atom. The molecule has 0 spiro atoms. The van der Waals surface area contributed by atoms with Gasteiger partial charge in [-0.2, -0.15) is 0 Å². The molecule has 0 aliphatic heterocycles. The molecule has 114 valence electrons. The highest BCUT2D eigenvalue weighted by Gasteiger charge is 2.06. The quantitative estimate of drug-likeness (QED) is 0.706. The zero-order valence-electron chi connectivity index (χ0n) is 12.7. The fraction of sp³-hybridized carbons (Fsp3) is 0.278. The Kier molecular flexibility index (Phi) is 4.49. The van der Waals surface area contributed by atoms with Crippen LogP contribution in [-0.4, -0.2) is 16.1 Å². The van der Waals surface area contributed by atoms with Crippen LogP contribution in [0.3, 0.4) is 0 Å². The van der Waals surface area contributed by atoms with E-state index < -0.39 is 0 Å². The molecule has 3 nitrogen and oxygen atoms in total. The number of nitrogens with one attached hydrogen (secondary N) is 1. The van der Waals surface area contributed by atoms with E-state index in [0.29, 0.717) is 12.1 Å². The number of imidazole rings is 1. The molecule has 1 N–H and O–H groups in total. The van der Waals surface area contributed by atoms with E-state index in [-0.39, 0.29) is 5.82 Å². The van der Waals surface area contributed by atoms with Gasteiger partial charge in [0.2, 0.25) is 0 Å². The first kappa shape index (κ1) is 14.7. The third kappa shape index (κ3) is 3.17. The summed E-state index contributed by atoms with van der Waals surface area (Å²) in [6.45, 7) is 1.41. The normalized spacial score (nSPS) is 11.2. The molecule has 3 rings (SSSR count). The van der Waals surface area contributed by atoms with Gasteiger partial charge in [0.25, 0.3) is 0 Å². The predicted octanol–water partition coefficient (Wildman–Crippen LogP) is 3.43. The largest absolute Gasteiger partial charge is 0.331 e. The molecule has 1 aromatic heterocycles. The number of rotatable bonds is 6. The molecule has 0 saturated carbocycles. The lowest BCUT2D eigenvalue weighted by molar-refractivity contribution is 0.578. The van der Waals surface area contributed by atoms with Crippen LogP contribution in [0.25, 0.3) is 11.0 Å². The van der Waals surface area contributed by atoms with Crippen LogP contribution >= 0.6 is 0 Å². The van der Waals surface area contributed by atoms with Crippen LogP contribution in [0.2, 0.25) is 0 Å². The van der Waals surface area contributed by atoms with E-state index in [1.807, 2.05) is 30.3 Å². The van der Waals surface area contributed by atoms with Gasteiger partial charge < -0.3 is 9.88 Å². The molecule has 2 aromatic carbocycles. The first-order chi connectivity index (χ1) is 10.8. The number of para-hydroxylation sites is 2. The Balaban J connectivity index is 1.50. The Bertz CT molecular complexity index is 764. The van der Waals surface area contributed by atoms with Crippen molar-refractivity contribution in [1.29, 1.82) is 0 Å². The third-order valence-electron chi connectivity index (χ3n) is 3.91. The van der Waals surface area contributed by atoms with Crippen molar-refractivity contribution in [3.63, 3.8) is 0 Å². The predicted molar refractivity (Wildman–Crippen MR) is 87.1 cm³/mol. The van der Waals surface area contributed by atoms with Crippen molar-refractivity contribution in [2.24, 2.45) is 7.05 Å². The zero-order chi connectivity index (χ0) is 15.4. The maximum Gasteiger partial charge on any atom is 0.127 e. The van der Waals surface area contributed by atoms with Gasteiger partial charge in [0.05, 0.1) is 11.0 Å². The SMILES string of the molecule is Cn1c(CCCNCc2ccccc2F)nc2ccccc21. The summed E-state index contributed by atoms with van der Waals surface area (Å²) in [6, 6.07) is 15.0. The fourth-order valence-electron chi connectivity index (χ4n) is 2.66. The van der Waals surface area contributed by atoms with Gasteiger partial charge in [0.15, 0.2) is 0 Å². The lowest BCUT2D eigenvalue weighted by Gasteiger charge is -2.06. The molecule has 0 atom stereocenters. The molecule has 0 fully saturated rings. The summed E-state index contributed by atoms with van der Waals surface area (Å²) in [5, 5.41) is 3.29. The third-order valence-corrected chi connectivity index (χ3v) is 3.91. The molecule has 0 saturated heterocycles. The Morgan fingerprint density at radius 2 is 1.86 bits per heavy atom. The average molecular weight is 297 g/mol. The molecule has 22 heavy (non-hydrogen) atoms. The number of halogens is 1. The summed E-state index contributed by atoms with van der Waals surface area (Å²) in [6.07, 6.45) is 1.89. The van der Waals surface area contributed by atoms with Gasteiger partial charge in [-0.3, -0.25) is 0 Å². The second-order valence-corrected chi connectivity index (χ2v) is 5.45. The van der Waals surface area contributed by atoms with Gasteiger partial charge >= 0.3 is 0 Å². The maximum absolute atomic E-state index is 13.5. The second kappa shape index (κ2) is 6.71. The monoisotopic (exact) mass is 297 g/mol. The van der Waals surface area contributed by atoms with Crippen molar-refractivity contribution >= 4 is 11.0 Å². The van der Waals surface area contributed by atoms with E-state index in [1.165, 1.54) is 6.07 Å². The number of nitrogens with zero attached hydrogens (tertiary/aromatic N) is 2. The lowest BCUT2D eigenvalue weighted by atomic mass is 10.2. The maximum atomic E-state index is 13.5. The van der Waals surface area contributed by atoms with Crippen molar-refractivity contribution < 1.29 is 4.39 Å². The first-order valence-electron chi connectivity index (χ1n) is 7.60. The van der Waals surface area contributed by atoms with Crippen LogP contribution in [0.1, 0.15) is 17.8 Å². The molecule has 0 aliphatic carbocycles. The minimum atomic E-state index is -0.148. The highest BCUT2D eigenvalue weighted by atomic mass is 19.1. The van der Waals surface area contributed by atoms with E-state index >= 15 is 0 Å². The number of aryl methyl sites for hydroxylation is 2. The summed E-state index contributed by atoms with van der Waals surface area (Å²) >= 11 is 0. The van der Waals surface area contributed by atoms with Gasteiger partial charge in [0.1, 0.15) is 11.6 Å². The molecular formula is C18H20FN3. The van der Waals surface area contributed by atoms with E-state index in [1.54, 1.807) is 6.07 Å². The van der Waals surface area contributed by atoms with Gasteiger partial charge in [0, 0.05) is 25.6 Å².